The van der Waals surface area contributed by atoms with Crippen molar-refractivity contribution in [1.82, 2.24) is 20.1 Å². The number of sulfonamides is 1. The molecule has 2 heterocycles. The van der Waals surface area contributed by atoms with E-state index in [9.17, 15) is 26.8 Å². The van der Waals surface area contributed by atoms with Crippen molar-refractivity contribution in [3.05, 3.63) is 71.4 Å². The summed E-state index contributed by atoms with van der Waals surface area (Å²) in [7, 11) is -0.647. The third-order valence-corrected chi connectivity index (χ3v) is 8.27. The first-order chi connectivity index (χ1) is 22.4. The van der Waals surface area contributed by atoms with Gasteiger partial charge in [-0.1, -0.05) is 19.4 Å². The van der Waals surface area contributed by atoms with Crippen LogP contribution < -0.4 is 24.8 Å². The number of carbonyl (C=O) groups is 2. The summed E-state index contributed by atoms with van der Waals surface area (Å²) in [5, 5.41) is 4.86. The number of nitrogens with one attached hydrogen (secondary N) is 3. The minimum absolute atomic E-state index is 0.0809. The number of unbranched alkanes of at least 4 members (excludes halogenated alkanes) is 1. The number of urea groups is 1. The number of hydrogen-bond donors (Lipinski definition) is 3. The van der Waals surface area contributed by atoms with Gasteiger partial charge < -0.3 is 25.0 Å². The summed E-state index contributed by atoms with van der Waals surface area (Å²) in [6, 6.07) is 9.35. The zero-order valence-corrected chi connectivity index (χ0v) is 27.6. The van der Waals surface area contributed by atoms with Crippen LogP contribution in [0.1, 0.15) is 48.5 Å². The first-order valence-corrected chi connectivity index (χ1v) is 17.1. The monoisotopic (exact) mass is 674 g/mol. The number of aromatic nitrogens is 1. The Balaban J connectivity index is 1.35. The second-order valence-corrected chi connectivity index (χ2v) is 13.0. The molecule has 0 aliphatic carbocycles. The molecule has 1 aromatic heterocycles. The van der Waals surface area contributed by atoms with Crippen LogP contribution in [0.5, 0.6) is 17.4 Å². The summed E-state index contributed by atoms with van der Waals surface area (Å²) < 4.78 is 65.4. The number of ether oxygens (including phenoxy) is 2. The van der Waals surface area contributed by atoms with Crippen molar-refractivity contribution in [2.45, 2.75) is 45.2 Å². The van der Waals surface area contributed by atoms with E-state index in [0.717, 1.165) is 43.8 Å². The maximum Gasteiger partial charge on any atom is 0.322 e. The zero-order chi connectivity index (χ0) is 34.1. The van der Waals surface area contributed by atoms with Crippen molar-refractivity contribution in [2.24, 2.45) is 0 Å². The second-order valence-electron chi connectivity index (χ2n) is 11.2. The SMILES string of the molecule is CCCCN(C(=O)Nc1cc(C(=O)NC)c(F)cc1F)C1CCN(Cc2ccc(Oc3ccc(NS(C)(=O)=O)cc3OC)nc2)CC1. The first-order valence-electron chi connectivity index (χ1n) is 15.2. The van der Waals surface area contributed by atoms with Gasteiger partial charge in [0.05, 0.1) is 30.3 Å². The molecule has 1 fully saturated rings. The number of pyridine rings is 1. The Kier molecular flexibility index (Phi) is 11.9. The average molecular weight is 675 g/mol. The molecule has 3 N–H and O–H groups in total. The smallest absolute Gasteiger partial charge is 0.322 e. The Morgan fingerprint density at radius 2 is 1.81 bits per heavy atom. The van der Waals surface area contributed by atoms with Crippen LogP contribution >= 0.6 is 0 Å². The van der Waals surface area contributed by atoms with Gasteiger partial charge in [-0.25, -0.2) is 27.0 Å². The van der Waals surface area contributed by atoms with Gasteiger partial charge >= 0.3 is 6.03 Å². The fourth-order valence-electron chi connectivity index (χ4n) is 5.27. The molecule has 0 unspecified atom stereocenters. The molecule has 254 valence electrons. The van der Waals surface area contributed by atoms with E-state index in [1.807, 2.05) is 13.0 Å². The third-order valence-electron chi connectivity index (χ3n) is 7.67. The summed E-state index contributed by atoms with van der Waals surface area (Å²) in [4.78, 5) is 33.7. The van der Waals surface area contributed by atoms with E-state index in [-0.39, 0.29) is 17.3 Å². The predicted octanol–water partition coefficient (Wildman–Crippen LogP) is 5.19. The lowest BCUT2D eigenvalue weighted by molar-refractivity contribution is 0.0959. The van der Waals surface area contributed by atoms with E-state index < -0.39 is 33.6 Å². The van der Waals surface area contributed by atoms with Gasteiger partial charge in [0.15, 0.2) is 11.5 Å². The van der Waals surface area contributed by atoms with E-state index >= 15 is 0 Å². The molecule has 0 spiro atoms. The highest BCUT2D eigenvalue weighted by molar-refractivity contribution is 7.92. The first kappa shape index (κ1) is 35.4. The number of rotatable bonds is 13. The Morgan fingerprint density at radius 1 is 1.06 bits per heavy atom. The van der Waals surface area contributed by atoms with Gasteiger partial charge in [-0.05, 0) is 43.0 Å². The minimum atomic E-state index is -3.44. The van der Waals surface area contributed by atoms with Crippen molar-refractivity contribution < 1.29 is 36.3 Å². The number of anilines is 2. The quantitative estimate of drug-likeness (QED) is 0.225. The Labute approximate surface area is 273 Å². The summed E-state index contributed by atoms with van der Waals surface area (Å²) in [5.74, 6) is -1.64. The van der Waals surface area contributed by atoms with E-state index in [2.05, 4.69) is 25.2 Å². The van der Waals surface area contributed by atoms with Gasteiger partial charge in [0.1, 0.15) is 11.6 Å². The highest BCUT2D eigenvalue weighted by atomic mass is 32.2. The summed E-state index contributed by atoms with van der Waals surface area (Å²) in [5.41, 5.74) is 0.698. The summed E-state index contributed by atoms with van der Waals surface area (Å²) in [6.45, 7) is 4.57. The Bertz CT molecular complexity index is 1670. The summed E-state index contributed by atoms with van der Waals surface area (Å²) >= 11 is 0. The largest absolute Gasteiger partial charge is 0.493 e. The lowest BCUT2D eigenvalue weighted by Gasteiger charge is -2.38. The van der Waals surface area contributed by atoms with Crippen molar-refractivity contribution >= 4 is 33.3 Å². The Morgan fingerprint density at radius 3 is 2.43 bits per heavy atom. The average Bonchev–Trinajstić information content (AvgIpc) is 3.03. The number of methoxy groups -OCH3 is 1. The molecule has 15 heteroatoms. The van der Waals surface area contributed by atoms with Crippen LogP contribution in [0.15, 0.2) is 48.7 Å². The van der Waals surface area contributed by atoms with Crippen LogP contribution in [-0.2, 0) is 16.6 Å². The van der Waals surface area contributed by atoms with Crippen molar-refractivity contribution in [3.8, 4) is 17.4 Å². The number of benzene rings is 2. The van der Waals surface area contributed by atoms with Crippen molar-refractivity contribution in [3.63, 3.8) is 0 Å². The molecule has 4 rings (SSSR count). The number of likely N-dealkylation sites (tertiary alicyclic amines) is 1. The molecule has 47 heavy (non-hydrogen) atoms. The van der Waals surface area contributed by atoms with Gasteiger partial charge in [0.25, 0.3) is 5.91 Å². The van der Waals surface area contributed by atoms with E-state index in [1.54, 1.807) is 29.3 Å². The molecular weight excluding hydrogens is 634 g/mol. The van der Waals surface area contributed by atoms with E-state index in [4.69, 9.17) is 9.47 Å². The summed E-state index contributed by atoms with van der Waals surface area (Å²) in [6.07, 6.45) is 5.80. The zero-order valence-electron chi connectivity index (χ0n) is 26.8. The molecule has 0 atom stereocenters. The highest BCUT2D eigenvalue weighted by Crippen LogP contribution is 2.33. The fraction of sp³-hybridized carbons (Fsp3) is 0.406. The van der Waals surface area contributed by atoms with E-state index in [1.165, 1.54) is 20.2 Å². The molecule has 0 saturated carbocycles. The molecule has 1 aliphatic heterocycles. The topological polar surface area (TPSA) is 142 Å². The van der Waals surface area contributed by atoms with Gasteiger partial charge in [-0.2, -0.15) is 0 Å². The third kappa shape index (κ3) is 9.75. The molecule has 3 aromatic rings. The molecule has 2 aromatic carbocycles. The number of carbonyl (C=O) groups excluding carboxylic acids is 2. The van der Waals surface area contributed by atoms with Crippen molar-refractivity contribution in [2.75, 3.05) is 50.1 Å². The van der Waals surface area contributed by atoms with Gasteiger partial charge in [0.2, 0.25) is 15.9 Å². The highest BCUT2D eigenvalue weighted by Gasteiger charge is 2.29. The molecular formula is C32H40F2N6O6S. The predicted molar refractivity (Wildman–Crippen MR) is 174 cm³/mol. The lowest BCUT2D eigenvalue weighted by Crippen LogP contribution is -2.49. The van der Waals surface area contributed by atoms with Crippen LogP contribution in [0.4, 0.5) is 25.0 Å². The normalized spacial score (nSPS) is 13.9. The number of piperidine rings is 1. The van der Waals surface area contributed by atoms with Crippen LogP contribution in [0.3, 0.4) is 0 Å². The van der Waals surface area contributed by atoms with Crippen LogP contribution in [0.2, 0.25) is 0 Å². The number of amides is 3. The van der Waals surface area contributed by atoms with Crippen LogP contribution in [0, 0.1) is 11.6 Å². The number of hydrogen-bond acceptors (Lipinski definition) is 8. The standard InChI is InChI=1S/C32H40F2N6O6S/c1-5-6-13-40(32(42)37-27-17-24(31(41)35-2)25(33)18-26(27)34)23-11-14-39(15-12-23)20-21-7-10-30(36-19-21)46-28-9-8-22(16-29(28)45-3)38-47(4,43)44/h7-10,16-19,23,38H,5-6,11-15,20H2,1-4H3,(H,35,41)(H,37,42). The molecule has 1 aliphatic rings. The molecule has 0 radical (unpaired) electrons. The van der Waals surface area contributed by atoms with Crippen LogP contribution in [-0.4, -0.2) is 81.2 Å². The van der Waals surface area contributed by atoms with Crippen molar-refractivity contribution in [1.29, 1.82) is 0 Å². The van der Waals surface area contributed by atoms with Crippen LogP contribution in [0.25, 0.3) is 0 Å². The van der Waals surface area contributed by atoms with E-state index in [0.29, 0.717) is 55.1 Å². The fourth-order valence-corrected chi connectivity index (χ4v) is 5.83. The number of halogens is 2. The molecule has 1 saturated heterocycles. The molecule has 3 amide bonds. The van der Waals surface area contributed by atoms with Gasteiger partial charge in [0, 0.05) is 63.7 Å². The molecule has 12 nitrogen and oxygen atoms in total. The Hall–Kier alpha value is -4.50. The molecule has 0 bridgehead atoms. The van der Waals surface area contributed by atoms with Gasteiger partial charge in [-0.3, -0.25) is 14.4 Å². The minimum Gasteiger partial charge on any atom is -0.493 e. The number of nitrogens with zero attached hydrogens (tertiary/aromatic N) is 3. The maximum atomic E-state index is 14.6. The van der Waals surface area contributed by atoms with Gasteiger partial charge in [-0.15, -0.1) is 0 Å². The maximum absolute atomic E-state index is 14.6. The lowest BCUT2D eigenvalue weighted by atomic mass is 10.0. The second kappa shape index (κ2) is 15.9.